The first-order chi connectivity index (χ1) is 17.0. The van der Waals surface area contributed by atoms with E-state index >= 15 is 0 Å². The number of rotatable bonds is 7. The zero-order valence-corrected chi connectivity index (χ0v) is 18.6. The Kier molecular flexibility index (Phi) is 5.93. The Balaban J connectivity index is 1.40. The van der Waals surface area contributed by atoms with Gasteiger partial charge in [0.2, 0.25) is 5.91 Å². The number of hydrogen-bond acceptors (Lipinski definition) is 4. The molecule has 0 unspecified atom stereocenters. The maximum absolute atomic E-state index is 14.1. The number of nitrogens with zero attached hydrogens (tertiary/aromatic N) is 2. The fraction of sp³-hybridized carbons (Fsp3) is 0.111. The van der Waals surface area contributed by atoms with E-state index in [0.717, 1.165) is 38.8 Å². The topological polar surface area (TPSA) is 101 Å². The third-order valence-electron chi connectivity index (χ3n) is 5.93. The summed E-state index contributed by atoms with van der Waals surface area (Å²) in [5, 5.41) is 15.6. The quantitative estimate of drug-likeness (QED) is 0.213. The summed E-state index contributed by atoms with van der Waals surface area (Å²) in [6, 6.07) is 22.3. The van der Waals surface area contributed by atoms with Gasteiger partial charge in [-0.15, -0.1) is 0 Å². The van der Waals surface area contributed by atoms with Gasteiger partial charge in [0.05, 0.1) is 21.8 Å². The molecule has 0 fully saturated rings. The Labute approximate surface area is 199 Å². The fourth-order valence-electron chi connectivity index (χ4n) is 4.28. The number of nitrogens with one attached hydrogen (secondary N) is 2. The minimum absolute atomic E-state index is 0.151. The summed E-state index contributed by atoms with van der Waals surface area (Å²) < 4.78 is 14.1. The smallest absolute Gasteiger partial charge is 0.292 e. The third kappa shape index (κ3) is 4.59. The summed E-state index contributed by atoms with van der Waals surface area (Å²) >= 11 is 0. The number of pyridine rings is 1. The number of benzene rings is 3. The number of nitro benzene ring substituents is 1. The molecule has 2 aromatic heterocycles. The number of nitro groups is 1. The second-order valence-corrected chi connectivity index (χ2v) is 8.23. The van der Waals surface area contributed by atoms with Crippen molar-refractivity contribution in [1.82, 2.24) is 9.97 Å². The third-order valence-corrected chi connectivity index (χ3v) is 5.93. The van der Waals surface area contributed by atoms with Gasteiger partial charge >= 0.3 is 0 Å². The van der Waals surface area contributed by atoms with E-state index in [-0.39, 0.29) is 29.5 Å². The van der Waals surface area contributed by atoms with Crippen molar-refractivity contribution in [2.75, 3.05) is 5.32 Å². The molecule has 0 radical (unpaired) electrons. The summed E-state index contributed by atoms with van der Waals surface area (Å²) in [5.41, 5.74) is 4.05. The molecule has 0 aliphatic carbocycles. The second-order valence-electron chi connectivity index (χ2n) is 8.23. The number of fused-ring (bicyclic) bond motifs is 2. The van der Waals surface area contributed by atoms with Crippen molar-refractivity contribution in [3.8, 4) is 11.4 Å². The zero-order valence-electron chi connectivity index (χ0n) is 18.6. The Morgan fingerprint density at radius 3 is 2.69 bits per heavy atom. The van der Waals surface area contributed by atoms with Crippen LogP contribution in [0.2, 0.25) is 0 Å². The average Bonchev–Trinajstić information content (AvgIpc) is 3.21. The van der Waals surface area contributed by atoms with Crippen LogP contribution < -0.4 is 5.32 Å². The maximum Gasteiger partial charge on any atom is 0.292 e. The first-order valence-corrected chi connectivity index (χ1v) is 11.2. The normalized spacial score (nSPS) is 11.1. The van der Waals surface area contributed by atoms with E-state index in [4.69, 9.17) is 4.98 Å². The molecule has 0 aliphatic rings. The largest absolute Gasteiger partial charge is 0.353 e. The molecule has 174 valence electrons. The average molecular weight is 468 g/mol. The van der Waals surface area contributed by atoms with E-state index in [1.165, 1.54) is 24.3 Å². The molecular weight excluding hydrogens is 447 g/mol. The predicted octanol–water partition coefficient (Wildman–Crippen LogP) is 6.39. The van der Waals surface area contributed by atoms with Crippen LogP contribution in [0.3, 0.4) is 0 Å². The van der Waals surface area contributed by atoms with Crippen molar-refractivity contribution in [1.29, 1.82) is 0 Å². The number of H-pyrrole nitrogens is 1. The molecule has 7 nitrogen and oxygen atoms in total. The van der Waals surface area contributed by atoms with E-state index in [1.807, 2.05) is 36.4 Å². The van der Waals surface area contributed by atoms with Crippen LogP contribution in [0.1, 0.15) is 18.4 Å². The molecule has 0 bridgehead atoms. The van der Waals surface area contributed by atoms with Crippen LogP contribution in [0.5, 0.6) is 0 Å². The number of aromatic nitrogens is 2. The number of amides is 1. The Morgan fingerprint density at radius 1 is 1.03 bits per heavy atom. The monoisotopic (exact) mass is 468 g/mol. The van der Waals surface area contributed by atoms with Gasteiger partial charge in [-0.05, 0) is 54.8 Å². The number of halogens is 1. The maximum atomic E-state index is 14.1. The summed E-state index contributed by atoms with van der Waals surface area (Å²) in [6.07, 6.45) is 1.12. The Bertz CT molecular complexity index is 1580. The van der Waals surface area contributed by atoms with Crippen LogP contribution in [0, 0.1) is 15.9 Å². The summed E-state index contributed by atoms with van der Waals surface area (Å²) in [4.78, 5) is 31.3. The number of aromatic amines is 1. The number of carbonyl (C=O) groups is 1. The van der Waals surface area contributed by atoms with Crippen LogP contribution in [0.4, 0.5) is 15.8 Å². The van der Waals surface area contributed by atoms with Gasteiger partial charge in [0.1, 0.15) is 11.5 Å². The first kappa shape index (κ1) is 22.2. The Morgan fingerprint density at radius 2 is 1.83 bits per heavy atom. The van der Waals surface area contributed by atoms with Gasteiger partial charge in [0.15, 0.2) is 0 Å². The highest BCUT2D eigenvalue weighted by Crippen LogP contribution is 2.32. The SMILES string of the molecule is O=C(CCCc1c(-c2ccc3ccccc3n2)[nH]c2ccc(F)cc12)Nc1ccccc1[N+](=O)[O-]. The van der Waals surface area contributed by atoms with Crippen LogP contribution in [-0.2, 0) is 11.2 Å². The van der Waals surface area contributed by atoms with Gasteiger partial charge in [-0.3, -0.25) is 14.9 Å². The lowest BCUT2D eigenvalue weighted by Crippen LogP contribution is -2.12. The van der Waals surface area contributed by atoms with Gasteiger partial charge in [-0.25, -0.2) is 9.37 Å². The number of anilines is 1. The molecule has 8 heteroatoms. The molecule has 0 saturated carbocycles. The van der Waals surface area contributed by atoms with Gasteiger partial charge in [-0.1, -0.05) is 36.4 Å². The van der Waals surface area contributed by atoms with Gasteiger partial charge in [-0.2, -0.15) is 0 Å². The first-order valence-electron chi connectivity index (χ1n) is 11.2. The lowest BCUT2D eigenvalue weighted by atomic mass is 10.0. The fourth-order valence-corrected chi connectivity index (χ4v) is 4.28. The lowest BCUT2D eigenvalue weighted by Gasteiger charge is -2.08. The minimum Gasteiger partial charge on any atom is -0.353 e. The van der Waals surface area contributed by atoms with Crippen molar-refractivity contribution in [2.24, 2.45) is 0 Å². The lowest BCUT2D eigenvalue weighted by molar-refractivity contribution is -0.383. The molecule has 3 aromatic carbocycles. The molecule has 0 atom stereocenters. The van der Waals surface area contributed by atoms with Crippen molar-refractivity contribution in [3.05, 3.63) is 100 Å². The van der Waals surface area contributed by atoms with E-state index < -0.39 is 4.92 Å². The van der Waals surface area contributed by atoms with Crippen LogP contribution >= 0.6 is 0 Å². The number of hydrogen-bond donors (Lipinski definition) is 2. The molecule has 35 heavy (non-hydrogen) atoms. The second kappa shape index (κ2) is 9.34. The number of carbonyl (C=O) groups excluding carboxylic acids is 1. The molecule has 2 heterocycles. The molecule has 5 rings (SSSR count). The molecular formula is C27H21FN4O3. The van der Waals surface area contributed by atoms with E-state index in [2.05, 4.69) is 10.3 Å². The van der Waals surface area contributed by atoms with Crippen LogP contribution in [0.25, 0.3) is 33.2 Å². The molecule has 5 aromatic rings. The summed E-state index contributed by atoms with van der Waals surface area (Å²) in [5.74, 6) is -0.666. The highest BCUT2D eigenvalue weighted by molar-refractivity contribution is 5.94. The van der Waals surface area contributed by atoms with E-state index in [1.54, 1.807) is 18.2 Å². The van der Waals surface area contributed by atoms with E-state index in [9.17, 15) is 19.3 Å². The van der Waals surface area contributed by atoms with Crippen molar-refractivity contribution < 1.29 is 14.1 Å². The molecule has 1 amide bonds. The number of aryl methyl sites for hydroxylation is 1. The van der Waals surface area contributed by atoms with Crippen molar-refractivity contribution >= 4 is 39.1 Å². The van der Waals surface area contributed by atoms with Crippen LogP contribution in [-0.4, -0.2) is 20.8 Å². The van der Waals surface area contributed by atoms with E-state index in [0.29, 0.717) is 12.8 Å². The number of para-hydroxylation sites is 3. The zero-order chi connectivity index (χ0) is 24.4. The molecule has 2 N–H and O–H groups in total. The summed E-state index contributed by atoms with van der Waals surface area (Å²) in [6.45, 7) is 0. The van der Waals surface area contributed by atoms with Gasteiger partial charge in [0, 0.05) is 28.8 Å². The predicted molar refractivity (Wildman–Crippen MR) is 134 cm³/mol. The van der Waals surface area contributed by atoms with Gasteiger partial charge in [0.25, 0.3) is 5.69 Å². The van der Waals surface area contributed by atoms with Crippen molar-refractivity contribution in [3.63, 3.8) is 0 Å². The highest BCUT2D eigenvalue weighted by Gasteiger charge is 2.17. The molecule has 0 aliphatic heterocycles. The van der Waals surface area contributed by atoms with Gasteiger partial charge < -0.3 is 10.3 Å². The highest BCUT2D eigenvalue weighted by atomic mass is 19.1. The van der Waals surface area contributed by atoms with Crippen molar-refractivity contribution in [2.45, 2.75) is 19.3 Å². The minimum atomic E-state index is -0.529. The standard InChI is InChI=1S/C27H21FN4O3/c28-18-13-15-22-20(16-18)19(27(31-22)24-14-12-17-6-1-2-8-21(17)29-24)7-5-11-26(33)30-23-9-3-4-10-25(23)32(34)35/h1-4,6,8-10,12-16,31H,5,7,11H2,(H,30,33). The van der Waals surface area contributed by atoms with Crippen LogP contribution in [0.15, 0.2) is 78.9 Å². The molecule has 0 spiro atoms. The summed E-state index contributed by atoms with van der Waals surface area (Å²) in [7, 11) is 0. The molecule has 0 saturated heterocycles. The Hall–Kier alpha value is -4.59.